The topological polar surface area (TPSA) is 257 Å². The molecule has 3 N–H and O–H groups in total. The van der Waals surface area contributed by atoms with Crippen LogP contribution in [0.5, 0.6) is 11.5 Å². The van der Waals surface area contributed by atoms with Crippen LogP contribution in [0.1, 0.15) is 130 Å². The number of Topliss-reactive ketones (excluding diaryl/α,β-unsaturated/α-hetero) is 1. The number of benzene rings is 2. The Labute approximate surface area is 498 Å². The molecular formula is C64H72F2N6O15. The fraction of sp³-hybridized carbons (Fsp3) is 0.547. The lowest BCUT2D eigenvalue weighted by molar-refractivity contribution is -0.178. The minimum Gasteiger partial charge on any atom is -0.492 e. The molecule has 7 fully saturated rings. The third-order valence-corrected chi connectivity index (χ3v) is 21.2. The Morgan fingerprint density at radius 2 is 1.28 bits per heavy atom. The number of pyridine rings is 2. The lowest BCUT2D eigenvalue weighted by Crippen LogP contribution is -2.61. The zero-order valence-corrected chi connectivity index (χ0v) is 49.6. The van der Waals surface area contributed by atoms with Gasteiger partial charge in [-0.3, -0.25) is 29.0 Å². The number of hydrogen-bond acceptors (Lipinski definition) is 18. The maximum absolute atomic E-state index is 16.9. The molecular weight excluding hydrogens is 1130 g/mol. The summed E-state index contributed by atoms with van der Waals surface area (Å²) in [5, 5.41) is 33.8. The Kier molecular flexibility index (Phi) is 14.4. The largest absolute Gasteiger partial charge is 0.519 e. The number of ether oxygens (including phenoxy) is 3. The van der Waals surface area contributed by atoms with Gasteiger partial charge in [0, 0.05) is 92.6 Å². The second kappa shape index (κ2) is 21.4. The highest BCUT2D eigenvalue weighted by molar-refractivity contribution is 6.02. The number of hydrogen-bond donors (Lipinski definition) is 3. The van der Waals surface area contributed by atoms with Crippen molar-refractivity contribution < 1.29 is 66.3 Å². The molecule has 6 aliphatic carbocycles. The number of methoxy groups -OCH3 is 2. The van der Waals surface area contributed by atoms with Crippen molar-refractivity contribution in [2.24, 2.45) is 28.6 Å². The van der Waals surface area contributed by atoms with Crippen molar-refractivity contribution in [2.75, 3.05) is 69.9 Å². The number of piperazine rings is 2. The van der Waals surface area contributed by atoms with E-state index in [9.17, 15) is 48.9 Å². The van der Waals surface area contributed by atoms with E-state index in [2.05, 4.69) is 9.80 Å². The maximum Gasteiger partial charge on any atom is 0.519 e. The number of aromatic nitrogens is 2. The van der Waals surface area contributed by atoms with Gasteiger partial charge in [-0.1, -0.05) is 25.5 Å². The van der Waals surface area contributed by atoms with Gasteiger partial charge in [-0.15, -0.1) is 0 Å². The van der Waals surface area contributed by atoms with Crippen LogP contribution in [-0.2, 0) is 27.4 Å². The van der Waals surface area contributed by atoms with Gasteiger partial charge in [-0.25, -0.2) is 23.2 Å². The molecule has 0 spiro atoms. The molecule has 0 bridgehead atoms. The Bertz CT molecular complexity index is 3990. The van der Waals surface area contributed by atoms with Crippen LogP contribution in [0.2, 0.25) is 0 Å². The molecule has 5 heterocycles. The van der Waals surface area contributed by atoms with Crippen LogP contribution in [0, 0.1) is 40.2 Å². The van der Waals surface area contributed by atoms with Gasteiger partial charge in [-0.05, 0) is 108 Å². The monoisotopic (exact) mass is 1200 g/mol. The number of rotatable bonds is 15. The van der Waals surface area contributed by atoms with Crippen molar-refractivity contribution in [3.63, 3.8) is 0 Å². The molecule has 0 amide bonds. The summed E-state index contributed by atoms with van der Waals surface area (Å²) in [6.45, 7) is 9.35. The molecule has 21 nitrogen and oxygen atoms in total. The first kappa shape index (κ1) is 58.5. The van der Waals surface area contributed by atoms with E-state index >= 15 is 8.78 Å². The second-order valence-corrected chi connectivity index (χ2v) is 26.0. The SMILES string of the molecule is COc1c(N2CCN(Cc3oc(=O)oc3CN3CCN(c4c(F)cc5c(=O)c(C(=O)OCC(=O)C6(O)CCC7C8CCC9=CC(=O)C=CC9(C)C8C(O)CC76C)cn(C6CC6)c5c4OC)CC3C)C(C)C2)c(F)cc2c(=O)c(C(=O)O)cn(C3CC3)c12. The molecule has 462 valence electrons. The van der Waals surface area contributed by atoms with Gasteiger partial charge in [0.25, 0.3) is 0 Å². The number of carboxylic acid groups (broad SMARTS) is 1. The molecule has 5 aromatic rings. The molecule has 2 aromatic carbocycles. The number of halogens is 2. The van der Waals surface area contributed by atoms with Crippen LogP contribution in [0.15, 0.2) is 71.5 Å². The molecule has 5 saturated carbocycles. The third kappa shape index (κ3) is 9.46. The molecule has 3 aromatic heterocycles. The number of aliphatic hydroxyl groups excluding tert-OH is 1. The molecule has 13 rings (SSSR count). The zero-order chi connectivity index (χ0) is 61.5. The summed E-state index contributed by atoms with van der Waals surface area (Å²) < 4.78 is 65.3. The molecule has 0 radical (unpaired) electrons. The number of allylic oxidation sites excluding steroid dienone is 4. The van der Waals surface area contributed by atoms with Gasteiger partial charge >= 0.3 is 17.8 Å². The van der Waals surface area contributed by atoms with Crippen LogP contribution in [0.25, 0.3) is 21.8 Å². The summed E-state index contributed by atoms with van der Waals surface area (Å²) >= 11 is 0. The number of fused-ring (bicyclic) bond motifs is 7. The number of carbonyl (C=O) groups excluding carboxylic acids is 3. The fourth-order valence-corrected chi connectivity index (χ4v) is 16.4. The highest BCUT2D eigenvalue weighted by Crippen LogP contribution is 2.67. The summed E-state index contributed by atoms with van der Waals surface area (Å²) in [4.78, 5) is 101. The molecule has 9 atom stereocenters. The molecule has 8 aliphatic rings. The Balaban J connectivity index is 0.683. The van der Waals surface area contributed by atoms with Crippen molar-refractivity contribution in [3.8, 4) is 11.5 Å². The molecule has 87 heavy (non-hydrogen) atoms. The Hall–Kier alpha value is -7.47. The average molecular weight is 1200 g/mol. The van der Waals surface area contributed by atoms with E-state index in [0.717, 1.165) is 30.5 Å². The molecule has 2 aliphatic heterocycles. The van der Waals surface area contributed by atoms with Crippen LogP contribution in [0.3, 0.4) is 0 Å². The quantitative estimate of drug-likeness (QED) is 0.0923. The highest BCUT2D eigenvalue weighted by atomic mass is 19.1. The lowest BCUT2D eigenvalue weighted by Gasteiger charge is -2.59. The first-order chi connectivity index (χ1) is 41.5. The van der Waals surface area contributed by atoms with Gasteiger partial charge in [0.2, 0.25) is 16.6 Å². The minimum atomic E-state index is -1.93. The van der Waals surface area contributed by atoms with Crippen LogP contribution >= 0.6 is 0 Å². The van der Waals surface area contributed by atoms with Crippen molar-refractivity contribution in [3.05, 3.63) is 114 Å². The van der Waals surface area contributed by atoms with E-state index in [1.807, 2.05) is 43.6 Å². The number of carboxylic acids is 1. The number of carbonyl (C=O) groups is 4. The Morgan fingerprint density at radius 1 is 0.747 bits per heavy atom. The summed E-state index contributed by atoms with van der Waals surface area (Å²) in [6, 6.07) is 1.52. The minimum absolute atomic E-state index is 0.0390. The Morgan fingerprint density at radius 3 is 1.78 bits per heavy atom. The normalized spacial score (nSPS) is 29.2. The van der Waals surface area contributed by atoms with E-state index < -0.39 is 86.3 Å². The predicted octanol–water partition coefficient (Wildman–Crippen LogP) is 6.68. The summed E-state index contributed by atoms with van der Waals surface area (Å²) in [6.07, 6.45) is 12.0. The van der Waals surface area contributed by atoms with E-state index in [0.29, 0.717) is 87.4 Å². The van der Waals surface area contributed by atoms with Gasteiger partial charge in [0.1, 0.15) is 28.1 Å². The van der Waals surface area contributed by atoms with E-state index in [4.69, 9.17) is 23.0 Å². The standard InChI is InChI=1S/C64H72F2N6O15/c1-32-25-69(53-44(65)22-39-51(57(53)83-5)71(35-8-9-35)27-41(55(39)76)59(78)79)19-17-67(32)29-47-48(87-61(81)86-47)30-68-18-20-70(26-33(68)2)54-45(66)23-40-52(58(54)84-6)72(36-10-11-36)28-42(56(40)77)60(80)85-31-49(75)64(82)16-14-43-38-12-7-34-21-37(73)13-15-62(34,3)50(38)46(74)24-63(43,64)4/h13,15,21-23,27-28,32-33,35-36,38,43,46,50,74,82H,7-12,14,16-20,24-26,29-31H2,1-6H3,(H,78,79). The van der Waals surface area contributed by atoms with Crippen molar-refractivity contribution >= 4 is 56.7 Å². The number of aromatic carboxylic acids is 1. The fourth-order valence-electron chi connectivity index (χ4n) is 16.4. The first-order valence-corrected chi connectivity index (χ1v) is 30.3. The molecule has 23 heteroatoms. The van der Waals surface area contributed by atoms with Crippen molar-refractivity contribution in [1.29, 1.82) is 0 Å². The van der Waals surface area contributed by atoms with Crippen LogP contribution < -0.4 is 36.0 Å². The van der Waals surface area contributed by atoms with Gasteiger partial charge in [-0.2, -0.15) is 0 Å². The van der Waals surface area contributed by atoms with E-state index in [1.54, 1.807) is 21.3 Å². The zero-order valence-electron chi connectivity index (χ0n) is 49.6. The van der Waals surface area contributed by atoms with Crippen LogP contribution in [-0.4, -0.2) is 142 Å². The summed E-state index contributed by atoms with van der Waals surface area (Å²) in [5.74, 6) is -5.15. The number of nitrogens with zero attached hydrogens (tertiary/aromatic N) is 6. The smallest absolute Gasteiger partial charge is 0.492 e. The van der Waals surface area contributed by atoms with Gasteiger partial charge in [0.05, 0.1) is 55.2 Å². The molecule has 9 unspecified atom stereocenters. The first-order valence-electron chi connectivity index (χ1n) is 30.3. The van der Waals surface area contributed by atoms with Crippen LogP contribution in [0.4, 0.5) is 20.2 Å². The molecule has 2 saturated heterocycles. The third-order valence-electron chi connectivity index (χ3n) is 21.2. The van der Waals surface area contributed by atoms with Gasteiger partial charge < -0.3 is 57.3 Å². The predicted molar refractivity (Wildman–Crippen MR) is 313 cm³/mol. The average Bonchev–Trinajstić information content (AvgIpc) is 1.69. The maximum atomic E-state index is 16.9. The number of ketones is 2. The number of esters is 1. The van der Waals surface area contributed by atoms with Crippen molar-refractivity contribution in [1.82, 2.24) is 18.9 Å². The van der Waals surface area contributed by atoms with E-state index in [1.165, 1.54) is 26.6 Å². The summed E-state index contributed by atoms with van der Waals surface area (Å²) in [5.41, 5.74) is -4.07. The van der Waals surface area contributed by atoms with Crippen molar-refractivity contribution in [2.45, 2.75) is 134 Å². The lowest BCUT2D eigenvalue weighted by atomic mass is 9.46. The second-order valence-electron chi connectivity index (χ2n) is 26.0. The van der Waals surface area contributed by atoms with E-state index in [-0.39, 0.29) is 114 Å². The number of aliphatic hydroxyl groups is 2. The number of anilines is 2. The van der Waals surface area contributed by atoms with Gasteiger partial charge in [0.15, 0.2) is 47.0 Å². The summed E-state index contributed by atoms with van der Waals surface area (Å²) in [7, 11) is 2.79. The highest BCUT2D eigenvalue weighted by Gasteiger charge is 2.68.